The molecule has 0 amide bonds. The molecule has 0 unspecified atom stereocenters. The molecule has 0 bridgehead atoms. The molecule has 2 rings (SSSR count). The van der Waals surface area contributed by atoms with E-state index in [4.69, 9.17) is 0 Å². The molecule has 0 saturated carbocycles. The molecule has 0 aliphatic rings. The molecule has 2 aromatic heterocycles. The van der Waals surface area contributed by atoms with Crippen LogP contribution in [0.25, 0.3) is 0 Å². The highest BCUT2D eigenvalue weighted by Crippen LogP contribution is 2.30. The first-order chi connectivity index (χ1) is 8.40. The number of thiophene rings is 1. The smallest absolute Gasteiger partial charge is 0.250 e. The number of aryl methyl sites for hydroxylation is 2. The predicted octanol–water partition coefficient (Wildman–Crippen LogP) is 2.33. The van der Waals surface area contributed by atoms with E-state index in [0.717, 1.165) is 20.6 Å². The second kappa shape index (κ2) is 5.12. The molecule has 0 aromatic carbocycles. The van der Waals surface area contributed by atoms with Crippen LogP contribution in [0.5, 0.6) is 0 Å². The topological polar surface area (TPSA) is 74.8 Å². The fourth-order valence-electron chi connectivity index (χ4n) is 1.36. The van der Waals surface area contributed by atoms with Gasteiger partial charge in [0, 0.05) is 17.8 Å². The molecule has 2 aromatic rings. The summed E-state index contributed by atoms with van der Waals surface area (Å²) in [5.41, 5.74) is 2.62. The van der Waals surface area contributed by atoms with Crippen molar-refractivity contribution in [2.24, 2.45) is 0 Å². The van der Waals surface area contributed by atoms with Crippen molar-refractivity contribution < 1.29 is 8.42 Å². The standard InChI is InChI=1S/C10H12BrN3O2S2/c1-6-3-9(17-10(6)11)18(15,16)13-5-8-4-12-14-7(8)2/h3-4,13H,5H2,1-2H3,(H,12,14). The Morgan fingerprint density at radius 1 is 1.50 bits per heavy atom. The lowest BCUT2D eigenvalue weighted by Gasteiger charge is -2.03. The van der Waals surface area contributed by atoms with Gasteiger partial charge in [-0.1, -0.05) is 0 Å². The highest BCUT2D eigenvalue weighted by molar-refractivity contribution is 9.11. The van der Waals surface area contributed by atoms with Crippen LogP contribution in [-0.2, 0) is 16.6 Å². The van der Waals surface area contributed by atoms with E-state index in [1.807, 2.05) is 13.8 Å². The van der Waals surface area contributed by atoms with Gasteiger partial charge in [0.15, 0.2) is 0 Å². The van der Waals surface area contributed by atoms with Gasteiger partial charge in [-0.2, -0.15) is 5.10 Å². The molecular formula is C10H12BrN3O2S2. The number of hydrogen-bond donors (Lipinski definition) is 2. The monoisotopic (exact) mass is 349 g/mol. The summed E-state index contributed by atoms with van der Waals surface area (Å²) in [4.78, 5) is 0. The van der Waals surface area contributed by atoms with E-state index in [0.29, 0.717) is 4.21 Å². The number of sulfonamides is 1. The van der Waals surface area contributed by atoms with Crippen molar-refractivity contribution in [3.8, 4) is 0 Å². The summed E-state index contributed by atoms with van der Waals surface area (Å²) in [5.74, 6) is 0. The van der Waals surface area contributed by atoms with Crippen LogP contribution in [0.3, 0.4) is 0 Å². The maximum atomic E-state index is 12.1. The lowest BCUT2D eigenvalue weighted by molar-refractivity contribution is 0.583. The van der Waals surface area contributed by atoms with Crippen LogP contribution in [0.15, 0.2) is 20.3 Å². The molecule has 98 valence electrons. The zero-order chi connectivity index (χ0) is 13.3. The van der Waals surface area contributed by atoms with Crippen molar-refractivity contribution in [3.63, 3.8) is 0 Å². The van der Waals surface area contributed by atoms with Crippen molar-refractivity contribution in [1.29, 1.82) is 0 Å². The number of H-pyrrole nitrogens is 1. The van der Waals surface area contributed by atoms with Crippen molar-refractivity contribution in [3.05, 3.63) is 32.9 Å². The van der Waals surface area contributed by atoms with E-state index >= 15 is 0 Å². The zero-order valence-corrected chi connectivity index (χ0v) is 13.0. The van der Waals surface area contributed by atoms with Crippen LogP contribution in [0, 0.1) is 13.8 Å². The number of nitrogens with zero attached hydrogens (tertiary/aromatic N) is 1. The van der Waals surface area contributed by atoms with Crippen molar-refractivity contribution in [2.75, 3.05) is 0 Å². The van der Waals surface area contributed by atoms with Crippen molar-refractivity contribution in [2.45, 2.75) is 24.6 Å². The minimum Gasteiger partial charge on any atom is -0.283 e. The summed E-state index contributed by atoms with van der Waals surface area (Å²) < 4.78 is 27.8. The highest BCUT2D eigenvalue weighted by Gasteiger charge is 2.18. The number of halogens is 1. The van der Waals surface area contributed by atoms with Crippen LogP contribution in [0.2, 0.25) is 0 Å². The molecule has 0 fully saturated rings. The van der Waals surface area contributed by atoms with Gasteiger partial charge in [-0.3, -0.25) is 5.10 Å². The molecule has 0 radical (unpaired) electrons. The van der Waals surface area contributed by atoms with Gasteiger partial charge >= 0.3 is 0 Å². The number of hydrogen-bond acceptors (Lipinski definition) is 4. The molecule has 0 atom stereocenters. The lowest BCUT2D eigenvalue weighted by atomic mass is 10.3. The average Bonchev–Trinajstić information content (AvgIpc) is 2.84. The summed E-state index contributed by atoms with van der Waals surface area (Å²) >= 11 is 4.53. The summed E-state index contributed by atoms with van der Waals surface area (Å²) in [6.45, 7) is 3.95. The molecule has 0 aliphatic carbocycles. The molecule has 2 N–H and O–H groups in total. The first-order valence-electron chi connectivity index (χ1n) is 5.14. The number of rotatable bonds is 4. The Morgan fingerprint density at radius 3 is 2.72 bits per heavy atom. The number of aromatic amines is 1. The third-order valence-corrected chi connectivity index (χ3v) is 6.50. The SMILES string of the molecule is Cc1cc(S(=O)(=O)NCc2cn[nH]c2C)sc1Br. The Morgan fingerprint density at radius 2 is 2.22 bits per heavy atom. The largest absolute Gasteiger partial charge is 0.283 e. The Kier molecular flexibility index (Phi) is 3.90. The van der Waals surface area contributed by atoms with E-state index in [9.17, 15) is 8.42 Å². The Hall–Kier alpha value is -0.700. The minimum atomic E-state index is -3.46. The summed E-state index contributed by atoms with van der Waals surface area (Å²) in [6.07, 6.45) is 1.62. The van der Waals surface area contributed by atoms with Crippen molar-refractivity contribution in [1.82, 2.24) is 14.9 Å². The molecule has 18 heavy (non-hydrogen) atoms. The van der Waals surface area contributed by atoms with Gasteiger partial charge in [0.2, 0.25) is 10.0 Å². The van der Waals surface area contributed by atoms with Crippen LogP contribution in [0.4, 0.5) is 0 Å². The Bertz CT molecular complexity index is 641. The minimum absolute atomic E-state index is 0.235. The summed E-state index contributed by atoms with van der Waals surface area (Å²) in [7, 11) is -3.46. The molecule has 0 spiro atoms. The third-order valence-electron chi connectivity index (χ3n) is 2.49. The van der Waals surface area contributed by atoms with Gasteiger partial charge in [0.1, 0.15) is 4.21 Å². The van der Waals surface area contributed by atoms with Crippen LogP contribution < -0.4 is 4.72 Å². The quantitative estimate of drug-likeness (QED) is 0.889. The van der Waals surface area contributed by atoms with Gasteiger partial charge in [0.25, 0.3) is 0 Å². The maximum Gasteiger partial charge on any atom is 0.250 e. The maximum absolute atomic E-state index is 12.1. The number of nitrogens with one attached hydrogen (secondary N) is 2. The van der Waals surface area contributed by atoms with E-state index in [1.165, 1.54) is 11.3 Å². The summed E-state index contributed by atoms with van der Waals surface area (Å²) in [6, 6.07) is 1.65. The molecule has 8 heteroatoms. The first kappa shape index (κ1) is 13.7. The van der Waals surface area contributed by atoms with Gasteiger partial charge in [-0.05, 0) is 41.4 Å². The molecule has 5 nitrogen and oxygen atoms in total. The van der Waals surface area contributed by atoms with Crippen LogP contribution >= 0.6 is 27.3 Å². The highest BCUT2D eigenvalue weighted by atomic mass is 79.9. The van der Waals surface area contributed by atoms with Gasteiger partial charge in [0.05, 0.1) is 9.98 Å². The lowest BCUT2D eigenvalue weighted by Crippen LogP contribution is -2.22. The van der Waals surface area contributed by atoms with E-state index in [-0.39, 0.29) is 6.54 Å². The normalized spacial score (nSPS) is 11.9. The zero-order valence-electron chi connectivity index (χ0n) is 9.82. The Labute approximate surface area is 118 Å². The predicted molar refractivity (Wildman–Crippen MR) is 74.1 cm³/mol. The molecule has 2 heterocycles. The van der Waals surface area contributed by atoms with Gasteiger partial charge < -0.3 is 0 Å². The van der Waals surface area contributed by atoms with E-state index in [2.05, 4.69) is 30.8 Å². The Balaban J connectivity index is 2.15. The van der Waals surface area contributed by atoms with Crippen LogP contribution in [0.1, 0.15) is 16.8 Å². The third kappa shape index (κ3) is 2.82. The second-order valence-electron chi connectivity index (χ2n) is 3.87. The molecule has 0 saturated heterocycles. The molecular weight excluding hydrogens is 338 g/mol. The van der Waals surface area contributed by atoms with E-state index < -0.39 is 10.0 Å². The molecule has 0 aliphatic heterocycles. The first-order valence-corrected chi connectivity index (χ1v) is 8.24. The van der Waals surface area contributed by atoms with Gasteiger partial charge in [-0.15, -0.1) is 11.3 Å². The average molecular weight is 350 g/mol. The second-order valence-corrected chi connectivity index (χ2v) is 8.23. The summed E-state index contributed by atoms with van der Waals surface area (Å²) in [5, 5.41) is 6.62. The number of aromatic nitrogens is 2. The van der Waals surface area contributed by atoms with Crippen LogP contribution in [-0.4, -0.2) is 18.6 Å². The fourth-order valence-corrected chi connectivity index (χ4v) is 4.64. The van der Waals surface area contributed by atoms with Gasteiger partial charge in [-0.25, -0.2) is 13.1 Å². The fraction of sp³-hybridized carbons (Fsp3) is 0.300. The van der Waals surface area contributed by atoms with Crippen molar-refractivity contribution >= 4 is 37.3 Å². The van der Waals surface area contributed by atoms with E-state index in [1.54, 1.807) is 12.3 Å².